The van der Waals surface area contributed by atoms with Gasteiger partial charge in [-0.3, -0.25) is 0 Å². The van der Waals surface area contributed by atoms with Crippen LogP contribution < -0.4 is 0 Å². The zero-order valence-corrected chi connectivity index (χ0v) is 18.2. The number of aryl methyl sites for hydroxylation is 1. The van der Waals surface area contributed by atoms with E-state index in [0.717, 1.165) is 36.8 Å². The summed E-state index contributed by atoms with van der Waals surface area (Å²) in [5.41, 5.74) is 2.96. The van der Waals surface area contributed by atoms with Crippen LogP contribution in [0.4, 0.5) is 0 Å². The van der Waals surface area contributed by atoms with Crippen LogP contribution in [0.15, 0.2) is 36.7 Å². The van der Waals surface area contributed by atoms with E-state index in [4.69, 9.17) is 0 Å². The number of hydrogen-bond acceptors (Lipinski definition) is 4. The first-order valence-corrected chi connectivity index (χ1v) is 11.4. The van der Waals surface area contributed by atoms with E-state index in [9.17, 15) is 10.2 Å². The van der Waals surface area contributed by atoms with Gasteiger partial charge in [-0.15, -0.1) is 0 Å². The van der Waals surface area contributed by atoms with Crippen molar-refractivity contribution < 1.29 is 10.2 Å². The van der Waals surface area contributed by atoms with Crippen molar-refractivity contribution in [3.63, 3.8) is 0 Å². The van der Waals surface area contributed by atoms with Crippen LogP contribution in [0.1, 0.15) is 95.3 Å². The predicted octanol–water partition coefficient (Wildman–Crippen LogP) is 6.02. The quantitative estimate of drug-likeness (QED) is 0.382. The number of aromatic nitrogens is 2. The van der Waals surface area contributed by atoms with Crippen molar-refractivity contribution in [2.75, 3.05) is 0 Å². The van der Waals surface area contributed by atoms with Crippen molar-refractivity contribution in [2.45, 2.75) is 96.7 Å². The number of nitrogens with zero attached hydrogens (tertiary/aromatic N) is 2. The number of rotatable bonds is 14. The fourth-order valence-electron chi connectivity index (χ4n) is 3.56. The minimum absolute atomic E-state index is 0.384. The summed E-state index contributed by atoms with van der Waals surface area (Å²) >= 11 is 0. The lowest BCUT2D eigenvalue weighted by molar-refractivity contribution is 0.0739. The van der Waals surface area contributed by atoms with Gasteiger partial charge < -0.3 is 10.2 Å². The fourth-order valence-corrected chi connectivity index (χ4v) is 3.56. The van der Waals surface area contributed by atoms with Crippen molar-refractivity contribution in [1.29, 1.82) is 0 Å². The van der Waals surface area contributed by atoms with Crippen LogP contribution in [-0.4, -0.2) is 26.3 Å². The molecule has 0 saturated carbocycles. The molecule has 0 saturated heterocycles. The fraction of sp³-hybridized carbons (Fsp3) is 0.600. The normalized spacial score (nSPS) is 13.4. The molecule has 0 aliphatic rings. The lowest BCUT2D eigenvalue weighted by Crippen LogP contribution is -2.12. The van der Waals surface area contributed by atoms with Crippen LogP contribution in [0.2, 0.25) is 0 Å². The van der Waals surface area contributed by atoms with Gasteiger partial charge in [0.15, 0.2) is 5.82 Å². The van der Waals surface area contributed by atoms with Crippen molar-refractivity contribution in [2.24, 2.45) is 0 Å². The highest BCUT2D eigenvalue weighted by atomic mass is 16.3. The Bertz CT molecular complexity index is 670. The van der Waals surface area contributed by atoms with E-state index >= 15 is 0 Å². The molecule has 0 radical (unpaired) electrons. The summed E-state index contributed by atoms with van der Waals surface area (Å²) in [5.74, 6) is 0.708. The third-order valence-electron chi connectivity index (χ3n) is 5.46. The molecule has 2 aromatic rings. The second kappa shape index (κ2) is 13.4. The number of aliphatic hydroxyl groups is 2. The highest BCUT2D eigenvalue weighted by molar-refractivity contribution is 5.55. The lowest BCUT2D eigenvalue weighted by atomic mass is 9.99. The monoisotopic (exact) mass is 398 g/mol. The van der Waals surface area contributed by atoms with E-state index in [1.54, 1.807) is 0 Å². The molecule has 0 fully saturated rings. The molecular formula is C25H38N2O2. The lowest BCUT2D eigenvalue weighted by Gasteiger charge is -2.16. The topological polar surface area (TPSA) is 66.2 Å². The highest BCUT2D eigenvalue weighted by Crippen LogP contribution is 2.23. The van der Waals surface area contributed by atoms with Gasteiger partial charge >= 0.3 is 0 Å². The summed E-state index contributed by atoms with van der Waals surface area (Å²) in [6, 6.07) is 7.71. The molecule has 1 aromatic heterocycles. The van der Waals surface area contributed by atoms with Crippen LogP contribution in [0, 0.1) is 0 Å². The first-order chi connectivity index (χ1) is 14.1. The maximum absolute atomic E-state index is 10.4. The van der Waals surface area contributed by atoms with Crippen LogP contribution in [0.3, 0.4) is 0 Å². The Hall–Kier alpha value is -1.78. The predicted molar refractivity (Wildman–Crippen MR) is 120 cm³/mol. The number of hydrogen-bond donors (Lipinski definition) is 2. The van der Waals surface area contributed by atoms with Gasteiger partial charge in [0.25, 0.3) is 0 Å². The molecule has 29 heavy (non-hydrogen) atoms. The zero-order valence-electron chi connectivity index (χ0n) is 18.2. The van der Waals surface area contributed by atoms with Crippen LogP contribution in [0.5, 0.6) is 0 Å². The highest BCUT2D eigenvalue weighted by Gasteiger charge is 2.14. The van der Waals surface area contributed by atoms with Gasteiger partial charge in [-0.2, -0.15) is 0 Å². The summed E-state index contributed by atoms with van der Waals surface area (Å²) in [6.45, 7) is 4.40. The van der Waals surface area contributed by atoms with Gasteiger partial charge in [0.05, 0.1) is 12.2 Å². The third-order valence-corrected chi connectivity index (χ3v) is 5.46. The molecule has 1 aromatic carbocycles. The van der Waals surface area contributed by atoms with Gasteiger partial charge in [-0.1, -0.05) is 83.1 Å². The SMILES string of the molecule is CCCCCCc1cnc(-c2ccc([C@@H](O)C[C@H](O)CCCCCC)cc2)nc1. The Kier molecular flexibility index (Phi) is 10.9. The maximum atomic E-state index is 10.4. The maximum Gasteiger partial charge on any atom is 0.159 e. The number of benzene rings is 1. The molecule has 0 bridgehead atoms. The van der Waals surface area contributed by atoms with Crippen molar-refractivity contribution in [3.8, 4) is 11.4 Å². The minimum Gasteiger partial charge on any atom is -0.393 e. The van der Waals surface area contributed by atoms with Gasteiger partial charge in [0, 0.05) is 24.4 Å². The third kappa shape index (κ3) is 8.63. The molecule has 2 atom stereocenters. The Morgan fingerprint density at radius 1 is 0.793 bits per heavy atom. The molecule has 0 spiro atoms. The standard InChI is InChI=1S/C25H38N2O2/c1-3-5-7-9-11-20-18-26-25(27-19-20)22-15-13-21(14-16-22)24(29)17-23(28)12-10-8-6-4-2/h13-16,18-19,23-24,28-29H,3-12,17H2,1-2H3/t23-,24+/m1/s1. The van der Waals surface area contributed by atoms with Gasteiger partial charge in [-0.25, -0.2) is 9.97 Å². The molecule has 160 valence electrons. The smallest absolute Gasteiger partial charge is 0.159 e. The van der Waals surface area contributed by atoms with Crippen LogP contribution >= 0.6 is 0 Å². The average molecular weight is 399 g/mol. The van der Waals surface area contributed by atoms with Crippen LogP contribution in [0.25, 0.3) is 11.4 Å². The summed E-state index contributed by atoms with van der Waals surface area (Å²) in [4.78, 5) is 9.01. The molecule has 1 heterocycles. The number of aliphatic hydroxyl groups excluding tert-OH is 2. The Morgan fingerprint density at radius 2 is 1.41 bits per heavy atom. The molecule has 0 aliphatic heterocycles. The van der Waals surface area contributed by atoms with Crippen molar-refractivity contribution >= 4 is 0 Å². The molecule has 2 rings (SSSR count). The zero-order chi connectivity index (χ0) is 20.9. The van der Waals surface area contributed by atoms with E-state index < -0.39 is 12.2 Å². The van der Waals surface area contributed by atoms with E-state index in [0.29, 0.717) is 12.2 Å². The summed E-state index contributed by atoms with van der Waals surface area (Å²) in [7, 11) is 0. The van der Waals surface area contributed by atoms with Gasteiger partial charge in [0.1, 0.15) is 0 Å². The summed E-state index contributed by atoms with van der Waals surface area (Å²) in [5, 5.41) is 20.6. The molecule has 0 amide bonds. The molecular weight excluding hydrogens is 360 g/mol. The van der Waals surface area contributed by atoms with E-state index in [2.05, 4.69) is 23.8 Å². The number of unbranched alkanes of at least 4 members (excludes halogenated alkanes) is 6. The summed E-state index contributed by atoms with van der Waals surface area (Å²) in [6.07, 6.45) is 14.5. The minimum atomic E-state index is -0.642. The van der Waals surface area contributed by atoms with E-state index in [1.807, 2.05) is 36.7 Å². The summed E-state index contributed by atoms with van der Waals surface area (Å²) < 4.78 is 0. The van der Waals surface area contributed by atoms with Crippen molar-refractivity contribution in [1.82, 2.24) is 9.97 Å². The van der Waals surface area contributed by atoms with Gasteiger partial charge in [0.2, 0.25) is 0 Å². The molecule has 4 heteroatoms. The second-order valence-electron chi connectivity index (χ2n) is 8.10. The van der Waals surface area contributed by atoms with E-state index in [1.165, 1.54) is 44.1 Å². The Morgan fingerprint density at radius 3 is 2.03 bits per heavy atom. The molecule has 0 aliphatic carbocycles. The Labute approximate surface area is 176 Å². The largest absolute Gasteiger partial charge is 0.393 e. The van der Waals surface area contributed by atoms with Gasteiger partial charge in [-0.05, 0) is 30.4 Å². The average Bonchev–Trinajstić information content (AvgIpc) is 2.75. The molecule has 2 N–H and O–H groups in total. The Balaban J connectivity index is 1.84. The molecule has 4 nitrogen and oxygen atoms in total. The second-order valence-corrected chi connectivity index (χ2v) is 8.10. The van der Waals surface area contributed by atoms with E-state index in [-0.39, 0.29) is 0 Å². The van der Waals surface area contributed by atoms with Crippen LogP contribution in [-0.2, 0) is 6.42 Å². The molecule has 0 unspecified atom stereocenters. The first-order valence-electron chi connectivity index (χ1n) is 11.4. The van der Waals surface area contributed by atoms with Crippen molar-refractivity contribution in [3.05, 3.63) is 47.8 Å². The first kappa shape index (κ1) is 23.5.